The molecule has 0 saturated carbocycles. The molecule has 0 radical (unpaired) electrons. The minimum absolute atomic E-state index is 0.0999. The Balaban J connectivity index is 4.47. The van der Waals surface area contributed by atoms with Gasteiger partial charge in [0.25, 0.3) is 0 Å². The standard InChI is InChI=1S/C13H26N2O4/c1-6-11(4)15(9-12(16)17)13(18)14(5)7-8-19-10(2)3/h10-11H,6-9H2,1-5H3,(H,16,17). The molecule has 2 amide bonds. The molecule has 1 unspecified atom stereocenters. The highest BCUT2D eigenvalue weighted by molar-refractivity contribution is 5.80. The Morgan fingerprint density at radius 1 is 1.26 bits per heavy atom. The molecule has 0 aliphatic heterocycles. The first kappa shape index (κ1) is 17.7. The predicted octanol–water partition coefficient (Wildman–Crippen LogP) is 1.65. The number of likely N-dealkylation sites (N-methyl/N-ethyl adjacent to an activating group) is 1. The summed E-state index contributed by atoms with van der Waals surface area (Å²) in [7, 11) is 1.66. The lowest BCUT2D eigenvalue weighted by Crippen LogP contribution is -2.48. The lowest BCUT2D eigenvalue weighted by Gasteiger charge is -2.31. The largest absolute Gasteiger partial charge is 0.480 e. The third-order valence-corrected chi connectivity index (χ3v) is 2.88. The lowest BCUT2D eigenvalue weighted by atomic mass is 10.2. The van der Waals surface area contributed by atoms with Crippen LogP contribution in [-0.2, 0) is 9.53 Å². The van der Waals surface area contributed by atoms with Crippen molar-refractivity contribution in [2.24, 2.45) is 0 Å². The zero-order valence-corrected chi connectivity index (χ0v) is 12.5. The molecule has 0 bridgehead atoms. The number of hydrogen-bond acceptors (Lipinski definition) is 3. The average molecular weight is 274 g/mol. The fourth-order valence-corrected chi connectivity index (χ4v) is 1.52. The maximum absolute atomic E-state index is 12.2. The monoisotopic (exact) mass is 274 g/mol. The number of amides is 2. The second-order valence-electron chi connectivity index (χ2n) is 4.90. The second-order valence-corrected chi connectivity index (χ2v) is 4.90. The highest BCUT2D eigenvalue weighted by Gasteiger charge is 2.24. The summed E-state index contributed by atoms with van der Waals surface area (Å²) in [5.41, 5.74) is 0. The van der Waals surface area contributed by atoms with Crippen molar-refractivity contribution in [2.75, 3.05) is 26.7 Å². The molecule has 6 heteroatoms. The van der Waals surface area contributed by atoms with Crippen LogP contribution in [-0.4, -0.2) is 65.8 Å². The molecular weight excluding hydrogens is 248 g/mol. The molecular formula is C13H26N2O4. The maximum atomic E-state index is 12.2. The fraction of sp³-hybridized carbons (Fsp3) is 0.846. The molecule has 0 aromatic carbocycles. The number of rotatable bonds is 8. The Labute approximate surface area is 115 Å². The molecule has 0 fully saturated rings. The van der Waals surface area contributed by atoms with Crippen molar-refractivity contribution in [2.45, 2.75) is 46.3 Å². The number of urea groups is 1. The van der Waals surface area contributed by atoms with Crippen LogP contribution in [0.5, 0.6) is 0 Å². The zero-order valence-electron chi connectivity index (χ0n) is 12.5. The summed E-state index contributed by atoms with van der Waals surface area (Å²) >= 11 is 0. The van der Waals surface area contributed by atoms with E-state index in [0.29, 0.717) is 13.2 Å². The van der Waals surface area contributed by atoms with Crippen molar-refractivity contribution in [1.82, 2.24) is 9.80 Å². The first-order valence-corrected chi connectivity index (χ1v) is 6.64. The van der Waals surface area contributed by atoms with Crippen LogP contribution in [0.3, 0.4) is 0 Å². The number of aliphatic carboxylic acids is 1. The molecule has 0 saturated heterocycles. The summed E-state index contributed by atoms with van der Waals surface area (Å²) in [6.45, 7) is 8.25. The van der Waals surface area contributed by atoms with Gasteiger partial charge in [-0.2, -0.15) is 0 Å². The molecule has 112 valence electrons. The molecule has 19 heavy (non-hydrogen) atoms. The predicted molar refractivity (Wildman–Crippen MR) is 73.2 cm³/mol. The topological polar surface area (TPSA) is 70.1 Å². The van der Waals surface area contributed by atoms with Crippen LogP contribution in [0.15, 0.2) is 0 Å². The quantitative estimate of drug-likeness (QED) is 0.730. The average Bonchev–Trinajstić information content (AvgIpc) is 2.33. The number of hydrogen-bond donors (Lipinski definition) is 1. The minimum atomic E-state index is -1.000. The minimum Gasteiger partial charge on any atom is -0.480 e. The van der Waals surface area contributed by atoms with Gasteiger partial charge in [-0.1, -0.05) is 6.92 Å². The van der Waals surface area contributed by atoms with Crippen LogP contribution in [0.2, 0.25) is 0 Å². The highest BCUT2D eigenvalue weighted by atomic mass is 16.5. The number of carbonyl (C=O) groups excluding carboxylic acids is 1. The molecule has 0 aliphatic carbocycles. The van der Waals surface area contributed by atoms with Crippen molar-refractivity contribution in [3.8, 4) is 0 Å². The van der Waals surface area contributed by atoms with Crippen molar-refractivity contribution in [1.29, 1.82) is 0 Å². The molecule has 0 heterocycles. The van der Waals surface area contributed by atoms with E-state index in [1.807, 2.05) is 27.7 Å². The summed E-state index contributed by atoms with van der Waals surface area (Å²) in [5, 5.41) is 8.87. The van der Waals surface area contributed by atoms with Gasteiger partial charge in [-0.15, -0.1) is 0 Å². The van der Waals surface area contributed by atoms with Gasteiger partial charge in [-0.05, 0) is 27.2 Å². The number of nitrogens with zero attached hydrogens (tertiary/aromatic N) is 2. The maximum Gasteiger partial charge on any atom is 0.323 e. The Hall–Kier alpha value is -1.30. The van der Waals surface area contributed by atoms with Crippen molar-refractivity contribution >= 4 is 12.0 Å². The molecule has 1 N–H and O–H groups in total. The fourth-order valence-electron chi connectivity index (χ4n) is 1.52. The van der Waals surface area contributed by atoms with Gasteiger partial charge in [0, 0.05) is 19.6 Å². The summed E-state index contributed by atoms with van der Waals surface area (Å²) in [6.07, 6.45) is 0.836. The van der Waals surface area contributed by atoms with E-state index >= 15 is 0 Å². The van der Waals surface area contributed by atoms with E-state index in [9.17, 15) is 9.59 Å². The number of ether oxygens (including phenoxy) is 1. The van der Waals surface area contributed by atoms with Gasteiger partial charge in [0.1, 0.15) is 6.54 Å². The van der Waals surface area contributed by atoms with Crippen LogP contribution >= 0.6 is 0 Å². The third-order valence-electron chi connectivity index (χ3n) is 2.88. The van der Waals surface area contributed by atoms with Gasteiger partial charge in [0.05, 0.1) is 12.7 Å². The normalized spacial score (nSPS) is 12.3. The Morgan fingerprint density at radius 2 is 1.84 bits per heavy atom. The van der Waals surface area contributed by atoms with E-state index in [1.165, 1.54) is 9.80 Å². The molecule has 0 aliphatic rings. The van der Waals surface area contributed by atoms with Crippen LogP contribution in [0, 0.1) is 0 Å². The lowest BCUT2D eigenvalue weighted by molar-refractivity contribution is -0.138. The first-order valence-electron chi connectivity index (χ1n) is 6.64. The summed E-state index contributed by atoms with van der Waals surface area (Å²) < 4.78 is 5.38. The Morgan fingerprint density at radius 3 is 2.26 bits per heavy atom. The van der Waals surface area contributed by atoms with Crippen molar-refractivity contribution < 1.29 is 19.4 Å². The van der Waals surface area contributed by atoms with Gasteiger partial charge in [-0.25, -0.2) is 4.79 Å². The summed E-state index contributed by atoms with van der Waals surface area (Å²) in [6, 6.07) is -0.374. The van der Waals surface area contributed by atoms with E-state index in [2.05, 4.69) is 0 Å². The van der Waals surface area contributed by atoms with E-state index in [1.54, 1.807) is 7.05 Å². The van der Waals surface area contributed by atoms with Gasteiger partial charge in [0.2, 0.25) is 0 Å². The highest BCUT2D eigenvalue weighted by Crippen LogP contribution is 2.07. The summed E-state index contributed by atoms with van der Waals surface area (Å²) in [5.74, 6) is -1.000. The van der Waals surface area contributed by atoms with Crippen LogP contribution in [0.4, 0.5) is 4.79 Å². The van der Waals surface area contributed by atoms with Crippen LogP contribution in [0.1, 0.15) is 34.1 Å². The SMILES string of the molecule is CCC(C)N(CC(=O)O)C(=O)N(C)CCOC(C)C. The first-order chi connectivity index (χ1) is 8.79. The van der Waals surface area contributed by atoms with Crippen molar-refractivity contribution in [3.05, 3.63) is 0 Å². The van der Waals surface area contributed by atoms with Crippen molar-refractivity contribution in [3.63, 3.8) is 0 Å². The Bertz CT molecular complexity index is 294. The zero-order chi connectivity index (χ0) is 15.0. The number of carboxylic acids is 1. The molecule has 6 nitrogen and oxygen atoms in total. The van der Waals surface area contributed by atoms with E-state index in [4.69, 9.17) is 9.84 Å². The van der Waals surface area contributed by atoms with E-state index in [-0.39, 0.29) is 24.7 Å². The third kappa shape index (κ3) is 7.00. The molecule has 1 atom stereocenters. The van der Waals surface area contributed by atoms with E-state index < -0.39 is 5.97 Å². The van der Waals surface area contributed by atoms with Gasteiger partial charge in [-0.3, -0.25) is 4.79 Å². The molecule has 0 spiro atoms. The van der Waals surface area contributed by atoms with Gasteiger partial charge < -0.3 is 19.6 Å². The summed E-state index contributed by atoms with van der Waals surface area (Å²) in [4.78, 5) is 25.9. The van der Waals surface area contributed by atoms with Gasteiger partial charge >= 0.3 is 12.0 Å². The van der Waals surface area contributed by atoms with E-state index in [0.717, 1.165) is 6.42 Å². The Kier molecular flexibility index (Phi) is 8.14. The number of carboxylic acid groups (broad SMARTS) is 1. The van der Waals surface area contributed by atoms with Crippen LogP contribution in [0.25, 0.3) is 0 Å². The molecule has 0 aromatic heterocycles. The van der Waals surface area contributed by atoms with Crippen LogP contribution < -0.4 is 0 Å². The second kappa shape index (κ2) is 8.74. The smallest absolute Gasteiger partial charge is 0.323 e. The number of carbonyl (C=O) groups is 2. The molecule has 0 rings (SSSR count). The van der Waals surface area contributed by atoms with Gasteiger partial charge in [0.15, 0.2) is 0 Å². The molecule has 0 aromatic rings.